The second kappa shape index (κ2) is 12.8. The molecule has 2 fully saturated rings. The minimum absolute atomic E-state index is 0. The van der Waals surface area contributed by atoms with Crippen molar-refractivity contribution < 1.29 is 22.7 Å². The van der Waals surface area contributed by atoms with Crippen molar-refractivity contribution >= 4 is 35.8 Å². The Morgan fingerprint density at radius 2 is 1.72 bits per heavy atom. The summed E-state index contributed by atoms with van der Waals surface area (Å²) in [6.07, 6.45) is -1.63. The fourth-order valence-electron chi connectivity index (χ4n) is 3.57. The Morgan fingerprint density at radius 1 is 1.10 bits per heavy atom. The van der Waals surface area contributed by atoms with Gasteiger partial charge in [0.2, 0.25) is 5.91 Å². The van der Waals surface area contributed by atoms with Gasteiger partial charge in [0.1, 0.15) is 6.61 Å². The lowest BCUT2D eigenvalue weighted by molar-refractivity contribution is -0.173. The van der Waals surface area contributed by atoms with Gasteiger partial charge in [0.05, 0.1) is 6.04 Å². The highest BCUT2D eigenvalue weighted by Crippen LogP contribution is 2.15. The summed E-state index contributed by atoms with van der Waals surface area (Å²) >= 11 is 0. The van der Waals surface area contributed by atoms with Gasteiger partial charge in [-0.3, -0.25) is 14.7 Å². The summed E-state index contributed by atoms with van der Waals surface area (Å²) < 4.78 is 40.7. The van der Waals surface area contributed by atoms with Crippen molar-refractivity contribution in [3.05, 3.63) is 0 Å². The molecule has 1 amide bonds. The quantitative estimate of drug-likeness (QED) is 0.233. The van der Waals surface area contributed by atoms with Crippen LogP contribution < -0.4 is 5.32 Å². The average molecular weight is 535 g/mol. The van der Waals surface area contributed by atoms with Crippen molar-refractivity contribution in [2.24, 2.45) is 4.99 Å². The van der Waals surface area contributed by atoms with Gasteiger partial charge in [0, 0.05) is 59.5 Å². The molecule has 1 N–H and O–H groups in total. The van der Waals surface area contributed by atoms with Gasteiger partial charge in [0.25, 0.3) is 0 Å². The molecular weight excluding hydrogens is 502 g/mol. The lowest BCUT2D eigenvalue weighted by atomic mass is 10.2. The maximum Gasteiger partial charge on any atom is 0.411 e. The Labute approximate surface area is 188 Å². The highest BCUT2D eigenvalue weighted by molar-refractivity contribution is 14.0. The van der Waals surface area contributed by atoms with Crippen LogP contribution in [0.3, 0.4) is 0 Å². The van der Waals surface area contributed by atoms with Crippen LogP contribution in [0.25, 0.3) is 0 Å². The topological polar surface area (TPSA) is 60.4 Å². The molecule has 0 spiro atoms. The zero-order valence-corrected chi connectivity index (χ0v) is 19.5. The molecule has 0 aliphatic carbocycles. The number of halogens is 4. The van der Waals surface area contributed by atoms with E-state index in [2.05, 4.69) is 24.8 Å². The fraction of sp³-hybridized carbons (Fsp3) is 0.889. The molecule has 2 heterocycles. The minimum Gasteiger partial charge on any atom is -0.372 e. The number of rotatable bonds is 7. The molecule has 0 aromatic rings. The summed E-state index contributed by atoms with van der Waals surface area (Å²) in [7, 11) is 1.69. The first-order valence-corrected chi connectivity index (χ1v) is 9.95. The smallest absolute Gasteiger partial charge is 0.372 e. The van der Waals surface area contributed by atoms with Gasteiger partial charge in [-0.1, -0.05) is 0 Å². The predicted octanol–water partition coefficient (Wildman–Crippen LogP) is 1.78. The highest BCUT2D eigenvalue weighted by atomic mass is 127. The maximum absolute atomic E-state index is 12.6. The van der Waals surface area contributed by atoms with Gasteiger partial charge < -0.3 is 19.9 Å². The van der Waals surface area contributed by atoms with Crippen LogP contribution in [0.2, 0.25) is 0 Å². The van der Waals surface area contributed by atoms with Crippen LogP contribution in [0.15, 0.2) is 4.99 Å². The first-order valence-electron chi connectivity index (χ1n) is 9.95. The van der Waals surface area contributed by atoms with Crippen molar-refractivity contribution in [1.29, 1.82) is 0 Å². The second-order valence-corrected chi connectivity index (χ2v) is 7.23. The van der Waals surface area contributed by atoms with E-state index in [4.69, 9.17) is 0 Å². The van der Waals surface area contributed by atoms with E-state index < -0.39 is 12.8 Å². The SMILES string of the molecule is CN=C(NCCCOCC(F)(F)F)N1CCN(C(C)C(=O)N2CCCC2)CC1.I. The van der Waals surface area contributed by atoms with Gasteiger partial charge in [-0.2, -0.15) is 13.2 Å². The number of carbonyl (C=O) groups is 1. The number of piperazine rings is 1. The normalized spacial score (nSPS) is 19.8. The lowest BCUT2D eigenvalue weighted by Crippen LogP contribution is -2.57. The van der Waals surface area contributed by atoms with Crippen molar-refractivity contribution in [3.63, 3.8) is 0 Å². The molecule has 2 aliphatic rings. The number of hydrogen-bond acceptors (Lipinski definition) is 4. The third-order valence-corrected chi connectivity index (χ3v) is 5.16. The van der Waals surface area contributed by atoms with Crippen LogP contribution in [0.1, 0.15) is 26.2 Å². The first-order chi connectivity index (χ1) is 13.3. The molecule has 2 rings (SSSR count). The molecule has 0 bridgehead atoms. The molecule has 0 aromatic heterocycles. The number of nitrogens with one attached hydrogen (secondary N) is 1. The summed E-state index contributed by atoms with van der Waals surface area (Å²) in [5.41, 5.74) is 0. The van der Waals surface area contributed by atoms with Gasteiger partial charge in [-0.15, -0.1) is 24.0 Å². The van der Waals surface area contributed by atoms with E-state index in [1.165, 1.54) is 0 Å². The van der Waals surface area contributed by atoms with Gasteiger partial charge in [-0.25, -0.2) is 0 Å². The number of carbonyl (C=O) groups excluding carboxylic acids is 1. The molecule has 11 heteroatoms. The summed E-state index contributed by atoms with van der Waals surface area (Å²) in [4.78, 5) is 23.1. The number of nitrogens with zero attached hydrogens (tertiary/aromatic N) is 4. The molecule has 1 unspecified atom stereocenters. The third kappa shape index (κ3) is 8.83. The minimum atomic E-state index is -4.28. The van der Waals surface area contributed by atoms with Gasteiger partial charge >= 0.3 is 6.18 Å². The Hall–Kier alpha value is -0.820. The van der Waals surface area contributed by atoms with E-state index in [1.54, 1.807) is 7.05 Å². The molecule has 2 aliphatic heterocycles. The fourth-order valence-corrected chi connectivity index (χ4v) is 3.57. The Balaban J connectivity index is 0.00000420. The van der Waals surface area contributed by atoms with Crippen LogP contribution in [-0.2, 0) is 9.53 Å². The van der Waals surface area contributed by atoms with Crippen LogP contribution in [0, 0.1) is 0 Å². The van der Waals surface area contributed by atoms with Crippen LogP contribution in [0.4, 0.5) is 13.2 Å². The van der Waals surface area contributed by atoms with E-state index >= 15 is 0 Å². The summed E-state index contributed by atoms with van der Waals surface area (Å²) in [5, 5.41) is 3.17. The Morgan fingerprint density at radius 3 is 2.28 bits per heavy atom. The maximum atomic E-state index is 12.6. The van der Waals surface area contributed by atoms with E-state index in [0.29, 0.717) is 13.0 Å². The van der Waals surface area contributed by atoms with E-state index in [9.17, 15) is 18.0 Å². The summed E-state index contributed by atoms with van der Waals surface area (Å²) in [6, 6.07) is -0.110. The second-order valence-electron chi connectivity index (χ2n) is 7.23. The first kappa shape index (κ1) is 26.2. The van der Waals surface area contributed by atoms with Gasteiger partial charge in [0.15, 0.2) is 5.96 Å². The zero-order valence-electron chi connectivity index (χ0n) is 17.2. The average Bonchev–Trinajstić information content (AvgIpc) is 3.20. The van der Waals surface area contributed by atoms with E-state index in [-0.39, 0.29) is 42.5 Å². The van der Waals surface area contributed by atoms with Crippen molar-refractivity contribution in [2.75, 3.05) is 66.1 Å². The third-order valence-electron chi connectivity index (χ3n) is 5.16. The number of alkyl halides is 3. The molecule has 29 heavy (non-hydrogen) atoms. The number of amides is 1. The number of aliphatic imine (C=N–C) groups is 1. The van der Waals surface area contributed by atoms with Crippen LogP contribution in [-0.4, -0.2) is 105 Å². The Kier molecular flexibility index (Phi) is 11.6. The molecule has 0 saturated carbocycles. The van der Waals surface area contributed by atoms with Crippen LogP contribution in [0.5, 0.6) is 0 Å². The predicted molar refractivity (Wildman–Crippen MR) is 117 cm³/mol. The molecule has 1 atom stereocenters. The largest absolute Gasteiger partial charge is 0.411 e. The number of hydrogen-bond donors (Lipinski definition) is 1. The molecule has 170 valence electrons. The highest BCUT2D eigenvalue weighted by Gasteiger charge is 2.30. The standard InChI is InChI=1S/C18H32F3N5O2.HI/c1-15(16(27)25-7-3-4-8-25)24-9-11-26(12-10-24)17(22-2)23-6-5-13-28-14-18(19,20)21;/h15H,3-14H2,1-2H3,(H,22,23);1H. The lowest BCUT2D eigenvalue weighted by Gasteiger charge is -2.39. The number of guanidine groups is 1. The van der Waals surface area contributed by atoms with E-state index in [0.717, 1.165) is 58.1 Å². The van der Waals surface area contributed by atoms with Crippen molar-refractivity contribution in [1.82, 2.24) is 20.0 Å². The Bertz CT molecular complexity index is 522. The molecule has 7 nitrogen and oxygen atoms in total. The molecular formula is C18H33F3IN5O2. The van der Waals surface area contributed by atoms with Crippen molar-refractivity contribution in [3.8, 4) is 0 Å². The van der Waals surface area contributed by atoms with Gasteiger partial charge in [-0.05, 0) is 26.2 Å². The molecule has 0 radical (unpaired) electrons. The summed E-state index contributed by atoms with van der Waals surface area (Å²) in [5.74, 6) is 0.946. The monoisotopic (exact) mass is 535 g/mol. The van der Waals surface area contributed by atoms with E-state index in [1.807, 2.05) is 11.8 Å². The molecule has 2 saturated heterocycles. The number of likely N-dealkylation sites (tertiary alicyclic amines) is 1. The van der Waals surface area contributed by atoms with Crippen molar-refractivity contribution in [2.45, 2.75) is 38.4 Å². The zero-order chi connectivity index (χ0) is 20.6. The molecule has 0 aromatic carbocycles. The summed E-state index contributed by atoms with van der Waals surface area (Å²) in [6.45, 7) is 6.10. The number of ether oxygens (including phenoxy) is 1. The van der Waals surface area contributed by atoms with Crippen LogP contribution >= 0.6 is 24.0 Å².